The number of rotatable bonds is 5. The van der Waals surface area contributed by atoms with Gasteiger partial charge in [-0.15, -0.1) is 0 Å². The number of hydrogen-bond donors (Lipinski definition) is 2. The minimum absolute atomic E-state index is 0.147. The molecule has 142 valence electrons. The van der Waals surface area contributed by atoms with E-state index in [2.05, 4.69) is 11.4 Å². The predicted molar refractivity (Wildman–Crippen MR) is 92.6 cm³/mol. The third kappa shape index (κ3) is 3.34. The first-order valence-electron chi connectivity index (χ1n) is 9.94. The number of aliphatic hydroxyl groups is 1. The molecular formula is C20H28N2O4. The minimum Gasteiger partial charge on any atom is -0.456 e. The van der Waals surface area contributed by atoms with Crippen molar-refractivity contribution in [2.24, 2.45) is 17.3 Å². The van der Waals surface area contributed by atoms with Gasteiger partial charge in [0.25, 0.3) is 5.91 Å². The number of nitrogens with zero attached hydrogens (tertiary/aromatic N) is 1. The molecular weight excluding hydrogens is 332 g/mol. The molecule has 2 atom stereocenters. The van der Waals surface area contributed by atoms with E-state index in [1.807, 2.05) is 0 Å². The Morgan fingerprint density at radius 3 is 2.38 bits per heavy atom. The zero-order chi connectivity index (χ0) is 18.4. The summed E-state index contributed by atoms with van der Waals surface area (Å²) in [6.07, 6.45) is 9.07. The van der Waals surface area contributed by atoms with Gasteiger partial charge in [0.2, 0.25) is 0 Å². The highest BCUT2D eigenvalue weighted by Gasteiger charge is 2.57. The largest absolute Gasteiger partial charge is 0.456 e. The van der Waals surface area contributed by atoms with Gasteiger partial charge in [-0.2, -0.15) is 5.26 Å². The lowest BCUT2D eigenvalue weighted by molar-refractivity contribution is -0.177. The van der Waals surface area contributed by atoms with Gasteiger partial charge in [0.05, 0.1) is 18.1 Å². The van der Waals surface area contributed by atoms with Gasteiger partial charge in [0.1, 0.15) is 5.54 Å². The van der Waals surface area contributed by atoms with E-state index in [4.69, 9.17) is 4.74 Å². The van der Waals surface area contributed by atoms with Crippen molar-refractivity contribution in [1.82, 2.24) is 5.32 Å². The molecule has 2 N–H and O–H groups in total. The predicted octanol–water partition coefficient (Wildman–Crippen LogP) is 2.20. The molecule has 0 radical (unpaired) electrons. The van der Waals surface area contributed by atoms with Crippen molar-refractivity contribution >= 4 is 11.9 Å². The van der Waals surface area contributed by atoms with Crippen LogP contribution in [0, 0.1) is 28.6 Å². The van der Waals surface area contributed by atoms with Crippen LogP contribution >= 0.6 is 0 Å². The van der Waals surface area contributed by atoms with E-state index in [9.17, 15) is 20.0 Å². The number of nitriles is 1. The highest BCUT2D eigenvalue weighted by atomic mass is 16.5. The second kappa shape index (κ2) is 6.23. The molecule has 26 heavy (non-hydrogen) atoms. The SMILES string of the molecule is N#CC1(NC(=O)COC(=O)CC23C[C@@H]4C[C@H](CC(O)(C4)C2)C3)CCCC1. The maximum absolute atomic E-state index is 12.4. The van der Waals surface area contributed by atoms with E-state index in [1.54, 1.807) is 0 Å². The molecule has 0 aromatic rings. The van der Waals surface area contributed by atoms with Crippen molar-refractivity contribution in [3.63, 3.8) is 0 Å². The first-order valence-corrected chi connectivity index (χ1v) is 9.94. The van der Waals surface area contributed by atoms with E-state index in [0.29, 0.717) is 37.5 Å². The number of ether oxygens (including phenoxy) is 1. The Hall–Kier alpha value is -1.61. The fourth-order valence-corrected chi connectivity index (χ4v) is 6.66. The Kier molecular flexibility index (Phi) is 4.26. The summed E-state index contributed by atoms with van der Waals surface area (Å²) in [5, 5.41) is 22.8. The number of carbonyl (C=O) groups is 2. The van der Waals surface area contributed by atoms with E-state index >= 15 is 0 Å². The first-order chi connectivity index (χ1) is 12.3. The summed E-state index contributed by atoms with van der Waals surface area (Å²) in [5.41, 5.74) is -1.53. The quantitative estimate of drug-likeness (QED) is 0.732. The number of carbonyl (C=O) groups excluding carboxylic acids is 2. The van der Waals surface area contributed by atoms with Crippen molar-refractivity contribution in [1.29, 1.82) is 5.26 Å². The number of hydrogen-bond acceptors (Lipinski definition) is 5. The molecule has 4 bridgehead atoms. The minimum atomic E-state index is -0.785. The highest BCUT2D eigenvalue weighted by molar-refractivity contribution is 5.81. The zero-order valence-electron chi connectivity index (χ0n) is 15.3. The van der Waals surface area contributed by atoms with Gasteiger partial charge in [0.15, 0.2) is 6.61 Å². The van der Waals surface area contributed by atoms with Crippen molar-refractivity contribution in [2.45, 2.75) is 81.8 Å². The molecule has 5 aliphatic carbocycles. The molecule has 5 saturated carbocycles. The smallest absolute Gasteiger partial charge is 0.306 e. The summed E-state index contributed by atoms with van der Waals surface area (Å²) < 4.78 is 5.23. The molecule has 0 aliphatic heterocycles. The fourth-order valence-electron chi connectivity index (χ4n) is 6.66. The number of nitrogens with one attached hydrogen (secondary N) is 1. The first kappa shape index (κ1) is 17.8. The van der Waals surface area contributed by atoms with Crippen molar-refractivity contribution in [3.8, 4) is 6.07 Å². The van der Waals surface area contributed by atoms with Gasteiger partial charge in [-0.3, -0.25) is 9.59 Å². The van der Waals surface area contributed by atoms with Gasteiger partial charge >= 0.3 is 5.97 Å². The van der Waals surface area contributed by atoms with Crippen LogP contribution in [0.2, 0.25) is 0 Å². The van der Waals surface area contributed by atoms with Gasteiger partial charge in [-0.25, -0.2) is 0 Å². The molecule has 1 amide bonds. The highest BCUT2D eigenvalue weighted by Crippen LogP contribution is 2.62. The lowest BCUT2D eigenvalue weighted by Crippen LogP contribution is -2.56. The molecule has 0 aromatic heterocycles. The Morgan fingerprint density at radius 2 is 1.81 bits per heavy atom. The third-order valence-electron chi connectivity index (χ3n) is 7.08. The van der Waals surface area contributed by atoms with Gasteiger partial charge in [-0.05, 0) is 81.5 Å². The van der Waals surface area contributed by atoms with Crippen LogP contribution in [0.1, 0.15) is 70.6 Å². The Balaban J connectivity index is 1.29. The summed E-state index contributed by atoms with van der Waals surface area (Å²) in [5.74, 6) is 0.291. The summed E-state index contributed by atoms with van der Waals surface area (Å²) in [6, 6.07) is 2.20. The Bertz CT molecular complexity index is 633. The van der Waals surface area contributed by atoms with Crippen LogP contribution in [0.25, 0.3) is 0 Å². The van der Waals surface area contributed by atoms with E-state index in [-0.39, 0.29) is 18.0 Å². The maximum Gasteiger partial charge on any atom is 0.306 e. The van der Waals surface area contributed by atoms with E-state index < -0.39 is 17.0 Å². The van der Waals surface area contributed by atoms with Gasteiger partial charge < -0.3 is 15.2 Å². The summed E-state index contributed by atoms with van der Waals surface area (Å²) >= 11 is 0. The van der Waals surface area contributed by atoms with Gasteiger partial charge in [-0.1, -0.05) is 0 Å². The Morgan fingerprint density at radius 1 is 1.15 bits per heavy atom. The number of amides is 1. The van der Waals surface area contributed by atoms with Crippen LogP contribution < -0.4 is 5.32 Å². The maximum atomic E-state index is 12.4. The molecule has 0 unspecified atom stereocenters. The monoisotopic (exact) mass is 360 g/mol. The lowest BCUT2D eigenvalue weighted by atomic mass is 9.47. The van der Waals surface area contributed by atoms with Crippen molar-refractivity contribution in [3.05, 3.63) is 0 Å². The van der Waals surface area contributed by atoms with Crippen LogP contribution in [-0.4, -0.2) is 34.7 Å². The van der Waals surface area contributed by atoms with Crippen molar-refractivity contribution < 1.29 is 19.4 Å². The molecule has 0 saturated heterocycles. The van der Waals surface area contributed by atoms with E-state index in [0.717, 1.165) is 38.5 Å². The van der Waals surface area contributed by atoms with Crippen molar-refractivity contribution in [2.75, 3.05) is 6.61 Å². The molecule has 5 fully saturated rings. The fraction of sp³-hybridized carbons (Fsp3) is 0.850. The summed E-state index contributed by atoms with van der Waals surface area (Å²) in [4.78, 5) is 24.5. The molecule has 0 aromatic carbocycles. The van der Waals surface area contributed by atoms with Crippen LogP contribution in [0.15, 0.2) is 0 Å². The standard InChI is InChI=1S/C20H28N2O4/c21-13-19(3-1-2-4-19)22-16(23)11-26-17(24)10-18-6-14-5-15(7-18)9-20(25,8-14)12-18/h14-15,25H,1-12H2,(H,22,23)/t14-,15-,18?,20?/m0/s1. The summed E-state index contributed by atoms with van der Waals surface area (Å²) in [7, 11) is 0. The Labute approximate surface area is 154 Å². The average Bonchev–Trinajstić information content (AvgIpc) is 2.99. The second-order valence-electron chi connectivity index (χ2n) is 9.47. The van der Waals surface area contributed by atoms with Crippen LogP contribution in [0.3, 0.4) is 0 Å². The molecule has 0 heterocycles. The third-order valence-corrected chi connectivity index (χ3v) is 7.08. The molecule has 5 aliphatic rings. The van der Waals surface area contributed by atoms with Crippen LogP contribution in [0.5, 0.6) is 0 Å². The molecule has 6 nitrogen and oxygen atoms in total. The van der Waals surface area contributed by atoms with Gasteiger partial charge in [0, 0.05) is 0 Å². The normalized spacial score (nSPS) is 39.4. The topological polar surface area (TPSA) is 99.4 Å². The second-order valence-corrected chi connectivity index (χ2v) is 9.47. The molecule has 0 spiro atoms. The van der Waals surface area contributed by atoms with E-state index in [1.165, 1.54) is 6.42 Å². The zero-order valence-corrected chi connectivity index (χ0v) is 15.3. The van der Waals surface area contributed by atoms with Crippen LogP contribution in [0.4, 0.5) is 0 Å². The molecule has 5 rings (SSSR count). The summed E-state index contributed by atoms with van der Waals surface area (Å²) in [6.45, 7) is -0.324. The van der Waals surface area contributed by atoms with Crippen LogP contribution in [-0.2, 0) is 14.3 Å². The molecule has 6 heteroatoms. The lowest BCUT2D eigenvalue weighted by Gasteiger charge is -2.60. The number of esters is 1. The average molecular weight is 360 g/mol.